The molecule has 2 amide bonds. The minimum absolute atomic E-state index is 0.0485. The number of non-ortho nitro benzene ring substituents is 1. The molecule has 2 aromatic rings. The predicted octanol–water partition coefficient (Wildman–Crippen LogP) is 8.65. The maximum absolute atomic E-state index is 13.5. The number of hydrogen-bond acceptors (Lipinski definition) is 8. The van der Waals surface area contributed by atoms with Crippen molar-refractivity contribution in [3.05, 3.63) is 63.5 Å². The van der Waals surface area contributed by atoms with Gasteiger partial charge < -0.3 is 15.4 Å². The van der Waals surface area contributed by atoms with Crippen LogP contribution in [0.25, 0.3) is 0 Å². The van der Waals surface area contributed by atoms with Crippen LogP contribution in [0.3, 0.4) is 0 Å². The molecule has 2 unspecified atom stereocenters. The van der Waals surface area contributed by atoms with Crippen LogP contribution in [0.15, 0.2) is 24.3 Å². The summed E-state index contributed by atoms with van der Waals surface area (Å²) in [6.07, 6.45) is 5.06. The number of nitro groups is 1. The number of halogens is 5. The first-order valence-corrected chi connectivity index (χ1v) is 18.2. The van der Waals surface area contributed by atoms with Crippen molar-refractivity contribution in [1.82, 2.24) is 5.32 Å². The van der Waals surface area contributed by atoms with Gasteiger partial charge in [0.25, 0.3) is 5.69 Å². The molecule has 0 aromatic heterocycles. The van der Waals surface area contributed by atoms with E-state index in [0.717, 1.165) is 31.4 Å². The van der Waals surface area contributed by atoms with Gasteiger partial charge in [0.15, 0.2) is 0 Å². The largest absolute Gasteiger partial charge is 0.420 e. The van der Waals surface area contributed by atoms with Gasteiger partial charge in [-0.15, -0.1) is 0 Å². The molecule has 0 radical (unpaired) electrons. The van der Waals surface area contributed by atoms with Crippen molar-refractivity contribution < 1.29 is 46.0 Å². The Hall–Kier alpha value is -3.40. The summed E-state index contributed by atoms with van der Waals surface area (Å²) in [6, 6.07) is 4.93. The van der Waals surface area contributed by atoms with Crippen LogP contribution in [0.5, 0.6) is 5.75 Å². The zero-order chi connectivity index (χ0) is 38.0. The lowest BCUT2D eigenvalue weighted by atomic mass is 9.99. The predicted molar refractivity (Wildman–Crippen MR) is 188 cm³/mol. The van der Waals surface area contributed by atoms with Gasteiger partial charge in [-0.3, -0.25) is 24.5 Å². The van der Waals surface area contributed by atoms with Gasteiger partial charge in [-0.1, -0.05) is 60.3 Å². The molecular weight excluding hydrogens is 706 g/mol. The molecule has 0 heterocycles. The van der Waals surface area contributed by atoms with Crippen LogP contribution >= 0.6 is 24.4 Å². The number of amides is 2. The molecule has 0 bridgehead atoms. The summed E-state index contributed by atoms with van der Waals surface area (Å²) in [7, 11) is 0. The lowest BCUT2D eigenvalue weighted by Crippen LogP contribution is -2.47. The third kappa shape index (κ3) is 14.4. The zero-order valence-corrected chi connectivity index (χ0v) is 30.5. The van der Waals surface area contributed by atoms with Gasteiger partial charge in [0.2, 0.25) is 46.6 Å². The highest BCUT2D eigenvalue weighted by Crippen LogP contribution is 2.30. The minimum Gasteiger partial charge on any atom is -0.420 e. The first-order valence-electron chi connectivity index (χ1n) is 16.4. The number of thioether (sulfide) groups is 1. The number of rotatable bonds is 19. The summed E-state index contributed by atoms with van der Waals surface area (Å²) in [5.74, 6) is -13.1. The summed E-state index contributed by atoms with van der Waals surface area (Å²) in [4.78, 5) is 47.4. The Kier molecular flexibility index (Phi) is 20.7. The first kappa shape index (κ1) is 44.6. The van der Waals surface area contributed by atoms with Gasteiger partial charge in [-0.25, -0.2) is 13.2 Å². The van der Waals surface area contributed by atoms with Gasteiger partial charge in [-0.2, -0.15) is 33.2 Å². The van der Waals surface area contributed by atoms with E-state index >= 15 is 0 Å². The van der Waals surface area contributed by atoms with E-state index in [1.54, 1.807) is 0 Å². The van der Waals surface area contributed by atoms with E-state index < -0.39 is 57.7 Å². The van der Waals surface area contributed by atoms with E-state index in [-0.39, 0.29) is 29.3 Å². The molecule has 50 heavy (non-hydrogen) atoms. The highest BCUT2D eigenvalue weighted by molar-refractivity contribution is 7.99. The van der Waals surface area contributed by atoms with Gasteiger partial charge in [0.1, 0.15) is 6.04 Å². The van der Waals surface area contributed by atoms with E-state index in [0.29, 0.717) is 36.5 Å². The van der Waals surface area contributed by atoms with Crippen molar-refractivity contribution in [1.29, 1.82) is 0 Å². The fourth-order valence-electron chi connectivity index (χ4n) is 4.48. The molecule has 3 atom stereocenters. The van der Waals surface area contributed by atoms with Gasteiger partial charge in [-0.05, 0) is 43.1 Å². The number of esters is 1. The van der Waals surface area contributed by atoms with Crippen molar-refractivity contribution in [2.75, 3.05) is 22.6 Å². The fraction of sp³-hybridized carbons (Fsp3) is 0.559. The molecule has 9 nitrogen and oxygen atoms in total. The van der Waals surface area contributed by atoms with Crippen molar-refractivity contribution in [3.8, 4) is 5.75 Å². The summed E-state index contributed by atoms with van der Waals surface area (Å²) >= 11 is 5.69. The summed E-state index contributed by atoms with van der Waals surface area (Å²) in [5, 5.41) is 16.3. The molecule has 0 aliphatic rings. The minimum atomic E-state index is -2.29. The second kappa shape index (κ2) is 23.1. The van der Waals surface area contributed by atoms with Crippen LogP contribution in [0.1, 0.15) is 79.6 Å². The molecular formula is C34H46F5N3O6S2. The lowest BCUT2D eigenvalue weighted by molar-refractivity contribution is -0.384. The summed E-state index contributed by atoms with van der Waals surface area (Å²) < 4.78 is 70.7. The van der Waals surface area contributed by atoms with E-state index in [9.17, 15) is 46.5 Å². The maximum atomic E-state index is 13.5. The second-order valence-electron chi connectivity index (χ2n) is 11.8. The molecule has 0 spiro atoms. The number of anilines is 1. The average molecular weight is 752 g/mol. The van der Waals surface area contributed by atoms with Crippen molar-refractivity contribution in [3.63, 3.8) is 0 Å². The number of thiol groups is 1. The van der Waals surface area contributed by atoms with Crippen LogP contribution in [0.4, 0.5) is 33.3 Å². The molecule has 0 saturated heterocycles. The maximum Gasteiger partial charge on any atom is 0.315 e. The normalized spacial score (nSPS) is 12.7. The SMILES string of the molecule is CCCCC(CS)C(=O)N[C@@H](CC(C)C)C(=O)Nc1ccc([N+](=O)[O-])cc1.CCCCC(CSCC)C(=O)Oc1c(F)c(F)c(F)c(F)c1F. The molecule has 2 N–H and O–H groups in total. The van der Waals surface area contributed by atoms with Crippen molar-refractivity contribution in [2.24, 2.45) is 17.8 Å². The Balaban J connectivity index is 0.000000506. The van der Waals surface area contributed by atoms with Crippen LogP contribution in [0, 0.1) is 57.0 Å². The number of ether oxygens (including phenoxy) is 1. The number of carbonyl (C=O) groups excluding carboxylic acids is 3. The topological polar surface area (TPSA) is 128 Å². The molecule has 16 heteroatoms. The lowest BCUT2D eigenvalue weighted by Gasteiger charge is -2.23. The van der Waals surface area contributed by atoms with Gasteiger partial charge in [0, 0.05) is 35.2 Å². The molecule has 0 fully saturated rings. The molecule has 0 saturated carbocycles. The smallest absolute Gasteiger partial charge is 0.315 e. The highest BCUT2D eigenvalue weighted by atomic mass is 32.2. The zero-order valence-electron chi connectivity index (χ0n) is 28.8. The fourth-order valence-corrected chi connectivity index (χ4v) is 5.65. The average Bonchev–Trinajstić information content (AvgIpc) is 3.08. The Bertz CT molecular complexity index is 1380. The van der Waals surface area contributed by atoms with Crippen LogP contribution < -0.4 is 15.4 Å². The van der Waals surface area contributed by atoms with Crippen molar-refractivity contribution >= 4 is 53.5 Å². The first-order chi connectivity index (χ1) is 23.6. The molecule has 280 valence electrons. The van der Waals surface area contributed by atoms with E-state index in [1.807, 2.05) is 27.7 Å². The number of nitrogens with one attached hydrogen (secondary N) is 2. The Labute approximate surface area is 299 Å². The molecule has 0 aliphatic carbocycles. The van der Waals surface area contributed by atoms with E-state index in [1.165, 1.54) is 36.0 Å². The van der Waals surface area contributed by atoms with Gasteiger partial charge >= 0.3 is 5.97 Å². The van der Waals surface area contributed by atoms with E-state index in [4.69, 9.17) is 0 Å². The number of carbonyl (C=O) groups is 3. The number of unbranched alkanes of at least 4 members (excludes halogenated alkanes) is 2. The second-order valence-corrected chi connectivity index (χ2v) is 13.5. The third-order valence-corrected chi connectivity index (χ3v) is 8.80. The summed E-state index contributed by atoms with van der Waals surface area (Å²) in [6.45, 7) is 9.79. The number of benzene rings is 2. The van der Waals surface area contributed by atoms with E-state index in [2.05, 4.69) is 34.9 Å². The standard InChI is InChI=1S/C19H29N3O4S.C15H17F5O2S/c1-4-5-6-14(12-27)18(23)21-17(11-13(2)3)19(24)20-15-7-9-16(10-8-15)22(25)26;1-3-5-6-8(7-23-4-2)15(21)22-14-12(19)10(17)9(16)11(18)13(14)20/h7-10,13-14,17,27H,4-6,11-12H2,1-3H3,(H,20,24)(H,21,23);8H,3-7H2,1-2H3/t14?,17-;/m0./s1. The highest BCUT2D eigenvalue weighted by Gasteiger charge is 2.31. The monoisotopic (exact) mass is 751 g/mol. The quantitative estimate of drug-likeness (QED) is 0.0192. The van der Waals surface area contributed by atoms with Crippen LogP contribution in [-0.4, -0.2) is 46.0 Å². The molecule has 2 aromatic carbocycles. The Morgan fingerprint density at radius 2 is 1.38 bits per heavy atom. The van der Waals surface area contributed by atoms with Crippen LogP contribution in [-0.2, 0) is 14.4 Å². The number of nitro benzene ring substituents is 1. The number of hydrogen-bond donors (Lipinski definition) is 3. The summed E-state index contributed by atoms with van der Waals surface area (Å²) in [5.41, 5.74) is 0.401. The van der Waals surface area contributed by atoms with Crippen LogP contribution in [0.2, 0.25) is 0 Å². The molecule has 2 rings (SSSR count). The Morgan fingerprint density at radius 1 is 0.860 bits per heavy atom. The number of nitrogens with zero attached hydrogens (tertiary/aromatic N) is 1. The van der Waals surface area contributed by atoms with Crippen molar-refractivity contribution in [2.45, 2.75) is 85.6 Å². The Morgan fingerprint density at radius 3 is 1.84 bits per heavy atom. The molecule has 0 aliphatic heterocycles. The third-order valence-electron chi connectivity index (χ3n) is 7.32. The van der Waals surface area contributed by atoms with Gasteiger partial charge in [0.05, 0.1) is 10.8 Å².